The molecule has 26 heavy (non-hydrogen) atoms. The van der Waals surface area contributed by atoms with Gasteiger partial charge in [-0.2, -0.15) is 0 Å². The number of hydrogen-bond acceptors (Lipinski definition) is 5. The van der Waals surface area contributed by atoms with Crippen LogP contribution in [0.15, 0.2) is 30.4 Å². The highest BCUT2D eigenvalue weighted by Crippen LogP contribution is 2.35. The third-order valence-electron chi connectivity index (χ3n) is 4.60. The number of nitro groups is 1. The van der Waals surface area contributed by atoms with Gasteiger partial charge in [-0.05, 0) is 18.9 Å². The largest absolute Gasteiger partial charge is 0.325 e. The molecule has 2 atom stereocenters. The van der Waals surface area contributed by atoms with Crippen LogP contribution >= 0.6 is 11.6 Å². The molecule has 136 valence electrons. The molecule has 1 aromatic rings. The fraction of sp³-hybridized carbons (Fsp3) is 0.353. The number of nitro benzene ring substituents is 1. The van der Waals surface area contributed by atoms with Crippen LogP contribution in [0.2, 0.25) is 5.02 Å². The maximum Gasteiger partial charge on any atom is 0.271 e. The van der Waals surface area contributed by atoms with Crippen molar-refractivity contribution in [2.75, 3.05) is 11.9 Å². The van der Waals surface area contributed by atoms with Gasteiger partial charge in [-0.1, -0.05) is 23.8 Å². The van der Waals surface area contributed by atoms with Crippen LogP contribution in [0.5, 0.6) is 0 Å². The van der Waals surface area contributed by atoms with Crippen LogP contribution in [-0.4, -0.2) is 34.1 Å². The number of carbonyl (C=O) groups is 3. The van der Waals surface area contributed by atoms with Crippen molar-refractivity contribution in [2.45, 2.75) is 19.3 Å². The van der Waals surface area contributed by atoms with Gasteiger partial charge in [0.25, 0.3) is 5.69 Å². The van der Waals surface area contributed by atoms with Crippen molar-refractivity contribution in [3.8, 4) is 0 Å². The molecule has 3 rings (SSSR count). The minimum atomic E-state index is -0.594. The number of imide groups is 1. The topological polar surface area (TPSA) is 110 Å². The molecule has 0 aromatic heterocycles. The average Bonchev–Trinajstić information content (AvgIpc) is 2.86. The number of allylic oxidation sites excluding steroid dienone is 2. The third kappa shape index (κ3) is 3.45. The molecule has 0 spiro atoms. The Morgan fingerprint density at radius 2 is 1.85 bits per heavy atom. The molecule has 3 amide bonds. The SMILES string of the molecule is O=C(CCN1C(=O)C2CC=CCC2C1=O)Nc1cc([N+](=O)[O-])ccc1Cl. The van der Waals surface area contributed by atoms with Crippen LogP contribution in [0, 0.1) is 22.0 Å². The first-order valence-electron chi connectivity index (χ1n) is 8.12. The van der Waals surface area contributed by atoms with E-state index < -0.39 is 10.8 Å². The number of non-ortho nitro benzene ring substituents is 1. The first kappa shape index (κ1) is 18.1. The number of carbonyl (C=O) groups excluding carboxylic acids is 3. The summed E-state index contributed by atoms with van der Waals surface area (Å²) in [5.74, 6) is -1.64. The Morgan fingerprint density at radius 1 is 1.23 bits per heavy atom. The number of amides is 3. The zero-order valence-corrected chi connectivity index (χ0v) is 14.4. The van der Waals surface area contributed by atoms with Gasteiger partial charge in [0.1, 0.15) is 0 Å². The minimum Gasteiger partial charge on any atom is -0.325 e. The molecule has 1 fully saturated rings. The number of benzene rings is 1. The summed E-state index contributed by atoms with van der Waals surface area (Å²) in [6.45, 7) is -0.0248. The van der Waals surface area contributed by atoms with Crippen molar-refractivity contribution in [2.24, 2.45) is 11.8 Å². The summed E-state index contributed by atoms with van der Waals surface area (Å²) >= 11 is 5.94. The highest BCUT2D eigenvalue weighted by molar-refractivity contribution is 6.33. The van der Waals surface area contributed by atoms with Crippen molar-refractivity contribution < 1.29 is 19.3 Å². The van der Waals surface area contributed by atoms with E-state index in [2.05, 4.69) is 5.32 Å². The van der Waals surface area contributed by atoms with E-state index in [1.807, 2.05) is 12.2 Å². The van der Waals surface area contributed by atoms with Gasteiger partial charge in [0.15, 0.2) is 0 Å². The first-order chi connectivity index (χ1) is 12.4. The Kier molecular flexibility index (Phi) is 5.03. The maximum atomic E-state index is 12.3. The van der Waals surface area contributed by atoms with Gasteiger partial charge in [0.05, 0.1) is 27.5 Å². The lowest BCUT2D eigenvalue weighted by atomic mass is 9.85. The summed E-state index contributed by atoms with van der Waals surface area (Å²) in [7, 11) is 0. The molecule has 1 aliphatic carbocycles. The standard InChI is InChI=1S/C17H16ClN3O5/c18-13-6-5-10(21(25)26)9-14(13)19-15(22)7-8-20-16(23)11-3-1-2-4-12(11)17(20)24/h1-2,5-6,9,11-12H,3-4,7-8H2,(H,19,22). The van der Waals surface area contributed by atoms with E-state index in [4.69, 9.17) is 11.6 Å². The number of halogens is 1. The third-order valence-corrected chi connectivity index (χ3v) is 4.93. The molecule has 1 N–H and O–H groups in total. The van der Waals surface area contributed by atoms with Gasteiger partial charge in [-0.25, -0.2) is 0 Å². The van der Waals surface area contributed by atoms with Crippen LogP contribution in [0.25, 0.3) is 0 Å². The summed E-state index contributed by atoms with van der Waals surface area (Å²) in [5.41, 5.74) is -0.0889. The Labute approximate surface area is 153 Å². The van der Waals surface area contributed by atoms with Crippen molar-refractivity contribution in [3.63, 3.8) is 0 Å². The summed E-state index contributed by atoms with van der Waals surface area (Å²) in [4.78, 5) is 48.2. The molecule has 0 saturated carbocycles. The summed E-state index contributed by atoms with van der Waals surface area (Å²) in [6.07, 6.45) is 4.77. The molecule has 1 saturated heterocycles. The minimum absolute atomic E-state index is 0.0248. The van der Waals surface area contributed by atoms with Crippen LogP contribution < -0.4 is 5.32 Å². The van der Waals surface area contributed by atoms with E-state index in [1.54, 1.807) is 0 Å². The molecular formula is C17H16ClN3O5. The smallest absolute Gasteiger partial charge is 0.271 e. The van der Waals surface area contributed by atoms with Crippen molar-refractivity contribution in [1.29, 1.82) is 0 Å². The molecule has 1 aliphatic heterocycles. The highest BCUT2D eigenvalue weighted by atomic mass is 35.5. The Morgan fingerprint density at radius 3 is 2.42 bits per heavy atom. The molecule has 1 heterocycles. The Bertz CT molecular complexity index is 797. The number of rotatable bonds is 5. The Balaban J connectivity index is 1.61. The van der Waals surface area contributed by atoms with Gasteiger partial charge >= 0.3 is 0 Å². The molecule has 8 nitrogen and oxygen atoms in total. The number of hydrogen-bond donors (Lipinski definition) is 1. The second-order valence-corrected chi connectivity index (χ2v) is 6.61. The number of anilines is 1. The molecule has 0 bridgehead atoms. The second kappa shape index (κ2) is 7.25. The quantitative estimate of drug-likeness (QED) is 0.367. The van der Waals surface area contributed by atoms with E-state index in [0.717, 1.165) is 11.0 Å². The van der Waals surface area contributed by atoms with E-state index in [1.165, 1.54) is 12.1 Å². The number of likely N-dealkylation sites (tertiary alicyclic amines) is 1. The van der Waals surface area contributed by atoms with Gasteiger partial charge < -0.3 is 5.32 Å². The van der Waals surface area contributed by atoms with Gasteiger partial charge in [0, 0.05) is 25.1 Å². The van der Waals surface area contributed by atoms with Crippen LogP contribution in [-0.2, 0) is 14.4 Å². The predicted octanol–water partition coefficient (Wildman–Crippen LogP) is 2.53. The van der Waals surface area contributed by atoms with Crippen molar-refractivity contribution in [1.82, 2.24) is 4.90 Å². The molecule has 2 aliphatic rings. The van der Waals surface area contributed by atoms with Gasteiger partial charge in [-0.3, -0.25) is 29.4 Å². The van der Waals surface area contributed by atoms with E-state index in [0.29, 0.717) is 12.8 Å². The fourth-order valence-corrected chi connectivity index (χ4v) is 3.40. The molecule has 9 heteroatoms. The van der Waals surface area contributed by atoms with Crippen LogP contribution in [0.3, 0.4) is 0 Å². The summed E-state index contributed by atoms with van der Waals surface area (Å²) < 4.78 is 0. The monoisotopic (exact) mass is 377 g/mol. The number of nitrogens with one attached hydrogen (secondary N) is 1. The average molecular weight is 378 g/mol. The zero-order chi connectivity index (χ0) is 18.8. The number of fused-ring (bicyclic) bond motifs is 1. The molecular weight excluding hydrogens is 362 g/mol. The zero-order valence-electron chi connectivity index (χ0n) is 13.7. The predicted molar refractivity (Wildman–Crippen MR) is 93.4 cm³/mol. The molecule has 0 radical (unpaired) electrons. The molecule has 2 unspecified atom stereocenters. The van der Waals surface area contributed by atoms with Gasteiger partial charge in [-0.15, -0.1) is 0 Å². The lowest BCUT2D eigenvalue weighted by Gasteiger charge is -2.14. The van der Waals surface area contributed by atoms with Crippen molar-refractivity contribution >= 4 is 40.7 Å². The first-order valence-corrected chi connectivity index (χ1v) is 8.50. The van der Waals surface area contributed by atoms with Crippen LogP contribution in [0.4, 0.5) is 11.4 Å². The second-order valence-electron chi connectivity index (χ2n) is 6.20. The lowest BCUT2D eigenvalue weighted by molar-refractivity contribution is -0.384. The van der Waals surface area contributed by atoms with Crippen LogP contribution in [0.1, 0.15) is 19.3 Å². The number of nitrogens with zero attached hydrogens (tertiary/aromatic N) is 2. The summed E-state index contributed by atoms with van der Waals surface area (Å²) in [5, 5.41) is 13.5. The van der Waals surface area contributed by atoms with E-state index >= 15 is 0 Å². The van der Waals surface area contributed by atoms with Gasteiger partial charge in [0.2, 0.25) is 17.7 Å². The fourth-order valence-electron chi connectivity index (χ4n) is 3.24. The molecule has 1 aromatic carbocycles. The maximum absolute atomic E-state index is 12.3. The summed E-state index contributed by atoms with van der Waals surface area (Å²) in [6, 6.07) is 3.71. The lowest BCUT2D eigenvalue weighted by Crippen LogP contribution is -2.34. The highest BCUT2D eigenvalue weighted by Gasteiger charge is 2.46. The van der Waals surface area contributed by atoms with Crippen molar-refractivity contribution in [3.05, 3.63) is 45.5 Å². The normalized spacial score (nSPS) is 21.7. The van der Waals surface area contributed by atoms with E-state index in [-0.39, 0.29) is 53.0 Å². The Hall–Kier alpha value is -2.74. The van der Waals surface area contributed by atoms with E-state index in [9.17, 15) is 24.5 Å².